The van der Waals surface area contributed by atoms with Crippen molar-refractivity contribution in [3.8, 4) is 0 Å². The van der Waals surface area contributed by atoms with E-state index in [2.05, 4.69) is 0 Å². The van der Waals surface area contributed by atoms with E-state index in [0.29, 0.717) is 6.61 Å². The molecule has 0 amide bonds. The first-order chi connectivity index (χ1) is 5.62. The number of hydrogen-bond acceptors (Lipinski definition) is 3. The van der Waals surface area contributed by atoms with Crippen LogP contribution in [-0.4, -0.2) is 20.8 Å². The molecule has 70 valence electrons. The summed E-state index contributed by atoms with van der Waals surface area (Å²) in [5.74, 6) is 0.229. The molecule has 12 heavy (non-hydrogen) atoms. The zero-order valence-corrected chi connectivity index (χ0v) is 7.90. The standard InChI is InChI=1S/C8H14O3S/c9-12(10)6-5-8(7-11-12)3-1-2-4-8/h1-7H2. The molecule has 0 unspecified atom stereocenters. The van der Waals surface area contributed by atoms with Crippen molar-refractivity contribution >= 4 is 10.1 Å². The van der Waals surface area contributed by atoms with E-state index < -0.39 is 10.1 Å². The summed E-state index contributed by atoms with van der Waals surface area (Å²) in [7, 11) is -3.15. The quantitative estimate of drug-likeness (QED) is 0.541. The molecular weight excluding hydrogens is 176 g/mol. The van der Waals surface area contributed by atoms with E-state index in [1.807, 2.05) is 0 Å². The highest BCUT2D eigenvalue weighted by Gasteiger charge is 2.40. The second-order valence-electron chi connectivity index (χ2n) is 3.98. The fraction of sp³-hybridized carbons (Fsp3) is 1.00. The smallest absolute Gasteiger partial charge is 0.267 e. The molecule has 0 N–H and O–H groups in total. The number of hydrogen-bond donors (Lipinski definition) is 0. The monoisotopic (exact) mass is 190 g/mol. The zero-order valence-electron chi connectivity index (χ0n) is 7.08. The summed E-state index contributed by atoms with van der Waals surface area (Å²) in [5, 5.41) is 0. The van der Waals surface area contributed by atoms with Crippen molar-refractivity contribution in [1.82, 2.24) is 0 Å². The van der Waals surface area contributed by atoms with Gasteiger partial charge in [0.15, 0.2) is 0 Å². The highest BCUT2D eigenvalue weighted by atomic mass is 32.2. The first-order valence-electron chi connectivity index (χ1n) is 4.49. The Morgan fingerprint density at radius 1 is 1.08 bits per heavy atom. The van der Waals surface area contributed by atoms with E-state index in [0.717, 1.165) is 19.3 Å². The topological polar surface area (TPSA) is 43.4 Å². The van der Waals surface area contributed by atoms with Gasteiger partial charge in [0.1, 0.15) is 0 Å². The minimum atomic E-state index is -3.15. The molecule has 0 aromatic heterocycles. The fourth-order valence-corrected chi connectivity index (χ4v) is 3.44. The molecule has 1 heterocycles. The van der Waals surface area contributed by atoms with E-state index in [4.69, 9.17) is 4.18 Å². The average Bonchev–Trinajstić information content (AvgIpc) is 2.46. The van der Waals surface area contributed by atoms with Gasteiger partial charge in [-0.25, -0.2) is 0 Å². The van der Waals surface area contributed by atoms with Crippen LogP contribution in [0.25, 0.3) is 0 Å². The molecular formula is C8H14O3S. The van der Waals surface area contributed by atoms with Gasteiger partial charge in [-0.05, 0) is 24.7 Å². The van der Waals surface area contributed by atoms with Crippen molar-refractivity contribution in [3.63, 3.8) is 0 Å². The van der Waals surface area contributed by atoms with E-state index in [1.165, 1.54) is 12.8 Å². The first-order valence-corrected chi connectivity index (χ1v) is 6.07. The average molecular weight is 190 g/mol. The summed E-state index contributed by atoms with van der Waals surface area (Å²) in [5.41, 5.74) is 0.228. The minimum absolute atomic E-state index is 0.228. The van der Waals surface area contributed by atoms with Gasteiger partial charge in [-0.2, -0.15) is 8.42 Å². The highest BCUT2D eigenvalue weighted by Crippen LogP contribution is 2.43. The van der Waals surface area contributed by atoms with E-state index in [9.17, 15) is 8.42 Å². The van der Waals surface area contributed by atoms with Crippen LogP contribution in [0.5, 0.6) is 0 Å². The van der Waals surface area contributed by atoms with Crippen molar-refractivity contribution in [1.29, 1.82) is 0 Å². The molecule has 0 atom stereocenters. The third-order valence-electron chi connectivity index (χ3n) is 3.09. The van der Waals surface area contributed by atoms with Gasteiger partial charge in [-0.1, -0.05) is 12.8 Å². The lowest BCUT2D eigenvalue weighted by Gasteiger charge is -2.32. The Morgan fingerprint density at radius 3 is 2.25 bits per heavy atom. The molecule has 0 radical (unpaired) electrons. The lowest BCUT2D eigenvalue weighted by atomic mass is 9.84. The molecule has 0 aromatic rings. The van der Waals surface area contributed by atoms with Crippen molar-refractivity contribution in [2.75, 3.05) is 12.4 Å². The first kappa shape index (κ1) is 8.51. The van der Waals surface area contributed by atoms with Crippen LogP contribution < -0.4 is 0 Å². The highest BCUT2D eigenvalue weighted by molar-refractivity contribution is 7.86. The molecule has 0 bridgehead atoms. The summed E-state index contributed by atoms with van der Waals surface area (Å²) >= 11 is 0. The largest absolute Gasteiger partial charge is 0.270 e. The van der Waals surface area contributed by atoms with Crippen molar-refractivity contribution in [2.45, 2.75) is 32.1 Å². The Bertz CT molecular complexity index is 246. The lowest BCUT2D eigenvalue weighted by molar-refractivity contribution is 0.129. The van der Waals surface area contributed by atoms with E-state index in [1.54, 1.807) is 0 Å². The normalized spacial score (nSPS) is 32.3. The molecule has 1 aliphatic carbocycles. The van der Waals surface area contributed by atoms with Gasteiger partial charge < -0.3 is 0 Å². The third-order valence-corrected chi connectivity index (χ3v) is 4.27. The van der Waals surface area contributed by atoms with Crippen LogP contribution >= 0.6 is 0 Å². The van der Waals surface area contributed by atoms with Gasteiger partial charge in [-0.3, -0.25) is 4.18 Å². The molecule has 1 saturated heterocycles. The molecule has 2 aliphatic rings. The lowest BCUT2D eigenvalue weighted by Crippen LogP contribution is -2.34. The molecule has 2 fully saturated rings. The Hall–Kier alpha value is -0.0900. The van der Waals surface area contributed by atoms with Gasteiger partial charge in [0, 0.05) is 0 Å². The summed E-state index contributed by atoms with van der Waals surface area (Å²) in [6.45, 7) is 0.440. The summed E-state index contributed by atoms with van der Waals surface area (Å²) in [6, 6.07) is 0. The zero-order chi connectivity index (χ0) is 8.66. The van der Waals surface area contributed by atoms with Crippen LogP contribution in [-0.2, 0) is 14.3 Å². The van der Waals surface area contributed by atoms with E-state index in [-0.39, 0.29) is 11.2 Å². The summed E-state index contributed by atoms with van der Waals surface area (Å²) in [4.78, 5) is 0. The molecule has 3 nitrogen and oxygen atoms in total. The molecule has 1 saturated carbocycles. The Balaban J connectivity index is 2.06. The van der Waals surface area contributed by atoms with Crippen molar-refractivity contribution < 1.29 is 12.6 Å². The number of rotatable bonds is 0. The van der Waals surface area contributed by atoms with Gasteiger partial charge in [0.25, 0.3) is 10.1 Å². The van der Waals surface area contributed by atoms with Crippen LogP contribution in [0.1, 0.15) is 32.1 Å². The molecule has 4 heteroatoms. The van der Waals surface area contributed by atoms with Crippen molar-refractivity contribution in [3.05, 3.63) is 0 Å². The predicted octanol–water partition coefficient (Wildman–Crippen LogP) is 1.30. The minimum Gasteiger partial charge on any atom is -0.270 e. The predicted molar refractivity (Wildman–Crippen MR) is 45.3 cm³/mol. The maximum Gasteiger partial charge on any atom is 0.267 e. The second kappa shape index (κ2) is 2.70. The molecule has 1 spiro atoms. The van der Waals surface area contributed by atoms with Crippen LogP contribution in [0.15, 0.2) is 0 Å². The fourth-order valence-electron chi connectivity index (χ4n) is 2.21. The van der Waals surface area contributed by atoms with Gasteiger partial charge in [0.05, 0.1) is 12.4 Å². The van der Waals surface area contributed by atoms with Crippen LogP contribution in [0, 0.1) is 5.41 Å². The molecule has 2 rings (SSSR count). The summed E-state index contributed by atoms with van der Waals surface area (Å²) in [6.07, 6.45) is 5.60. The molecule has 0 aromatic carbocycles. The van der Waals surface area contributed by atoms with Crippen LogP contribution in [0.4, 0.5) is 0 Å². The van der Waals surface area contributed by atoms with Crippen molar-refractivity contribution in [2.24, 2.45) is 5.41 Å². The Kier molecular flexibility index (Phi) is 1.92. The third kappa shape index (κ3) is 1.50. The van der Waals surface area contributed by atoms with Gasteiger partial charge >= 0.3 is 0 Å². The van der Waals surface area contributed by atoms with Crippen LogP contribution in [0.3, 0.4) is 0 Å². The maximum atomic E-state index is 11.0. The van der Waals surface area contributed by atoms with Gasteiger partial charge in [0.2, 0.25) is 0 Å². The van der Waals surface area contributed by atoms with Crippen LogP contribution in [0.2, 0.25) is 0 Å². The maximum absolute atomic E-state index is 11.0. The van der Waals surface area contributed by atoms with E-state index >= 15 is 0 Å². The molecule has 1 aliphatic heterocycles. The van der Waals surface area contributed by atoms with Gasteiger partial charge in [-0.15, -0.1) is 0 Å². The SMILES string of the molecule is O=S1(=O)CCC2(CCCC2)CO1. The Morgan fingerprint density at radius 2 is 1.75 bits per heavy atom. The summed E-state index contributed by atoms with van der Waals surface area (Å²) < 4.78 is 26.8. The second-order valence-corrected chi connectivity index (χ2v) is 5.74. The Labute approximate surface area is 73.2 Å².